The van der Waals surface area contributed by atoms with Crippen LogP contribution in [0.3, 0.4) is 0 Å². The molecule has 0 aliphatic carbocycles. The fraction of sp³-hybridized carbons (Fsp3) is 0.231. The summed E-state index contributed by atoms with van der Waals surface area (Å²) in [5.74, 6) is -0.881. The largest absolute Gasteiger partial charge is 0.357 e. The van der Waals surface area contributed by atoms with Crippen LogP contribution < -0.4 is 9.62 Å². The van der Waals surface area contributed by atoms with E-state index in [1.807, 2.05) is 24.3 Å². The van der Waals surface area contributed by atoms with E-state index in [4.69, 9.17) is 11.6 Å². The summed E-state index contributed by atoms with van der Waals surface area (Å²) in [6.07, 6.45) is 0. The van der Waals surface area contributed by atoms with Gasteiger partial charge in [-0.3, -0.25) is 13.9 Å². The quantitative estimate of drug-likeness (QED) is 0.388. The number of aryl methyl sites for hydroxylation is 1. The number of halogens is 2. The molecule has 0 saturated heterocycles. The number of hydrogen-bond donors (Lipinski definition) is 1. The molecule has 0 saturated carbocycles. The summed E-state index contributed by atoms with van der Waals surface area (Å²) >= 11 is 9.39. The van der Waals surface area contributed by atoms with Crippen LogP contribution in [0.2, 0.25) is 5.02 Å². The van der Waals surface area contributed by atoms with Crippen molar-refractivity contribution in [2.75, 3.05) is 17.9 Å². The first-order valence-corrected chi connectivity index (χ1v) is 13.7. The number of likely N-dealkylation sites (N-methyl/N-ethyl adjacent to an activating group) is 1. The molecule has 0 heterocycles. The molecule has 7 nitrogen and oxygen atoms in total. The van der Waals surface area contributed by atoms with Gasteiger partial charge in [0.25, 0.3) is 10.0 Å². The van der Waals surface area contributed by atoms with Gasteiger partial charge in [-0.15, -0.1) is 0 Å². The number of carbonyl (C=O) groups is 2. The number of rotatable bonds is 9. The van der Waals surface area contributed by atoms with Crippen molar-refractivity contribution >= 4 is 55.1 Å². The van der Waals surface area contributed by atoms with Crippen molar-refractivity contribution in [2.45, 2.75) is 31.3 Å². The Morgan fingerprint density at radius 1 is 1.03 bits per heavy atom. The van der Waals surface area contributed by atoms with Gasteiger partial charge in [0.05, 0.1) is 10.6 Å². The second-order valence-electron chi connectivity index (χ2n) is 8.19. The third-order valence-electron chi connectivity index (χ3n) is 5.72. The highest BCUT2D eigenvalue weighted by atomic mass is 79.9. The van der Waals surface area contributed by atoms with Gasteiger partial charge in [0.15, 0.2) is 0 Å². The molecule has 0 fully saturated rings. The second-order valence-corrected chi connectivity index (χ2v) is 11.4. The number of hydrogen-bond acceptors (Lipinski definition) is 4. The zero-order chi connectivity index (χ0) is 26.5. The van der Waals surface area contributed by atoms with E-state index < -0.39 is 28.5 Å². The molecule has 0 radical (unpaired) electrons. The summed E-state index contributed by atoms with van der Waals surface area (Å²) in [5, 5.41) is 2.96. The average Bonchev–Trinajstić information content (AvgIpc) is 2.85. The number of sulfonamides is 1. The average molecular weight is 593 g/mol. The normalized spacial score (nSPS) is 12.0. The predicted octanol–water partition coefficient (Wildman–Crippen LogP) is 4.77. The van der Waals surface area contributed by atoms with Gasteiger partial charge in [-0.2, -0.15) is 0 Å². The smallest absolute Gasteiger partial charge is 0.264 e. The molecule has 190 valence electrons. The monoisotopic (exact) mass is 591 g/mol. The van der Waals surface area contributed by atoms with Gasteiger partial charge in [0, 0.05) is 23.1 Å². The van der Waals surface area contributed by atoms with Gasteiger partial charge in [0.2, 0.25) is 11.8 Å². The maximum Gasteiger partial charge on any atom is 0.264 e. The highest BCUT2D eigenvalue weighted by molar-refractivity contribution is 9.10. The minimum atomic E-state index is -4.13. The molecule has 1 unspecified atom stereocenters. The zero-order valence-electron chi connectivity index (χ0n) is 20.1. The lowest BCUT2D eigenvalue weighted by Gasteiger charge is -2.32. The predicted molar refractivity (Wildman–Crippen MR) is 145 cm³/mol. The lowest BCUT2D eigenvalue weighted by molar-refractivity contribution is -0.139. The maximum absolute atomic E-state index is 13.7. The molecule has 3 aromatic carbocycles. The fourth-order valence-electron chi connectivity index (χ4n) is 3.71. The highest BCUT2D eigenvalue weighted by Crippen LogP contribution is 2.28. The van der Waals surface area contributed by atoms with Crippen LogP contribution >= 0.6 is 27.5 Å². The van der Waals surface area contributed by atoms with E-state index in [0.29, 0.717) is 16.3 Å². The maximum atomic E-state index is 13.7. The van der Waals surface area contributed by atoms with Gasteiger partial charge < -0.3 is 10.2 Å². The van der Waals surface area contributed by atoms with Crippen molar-refractivity contribution in [3.63, 3.8) is 0 Å². The van der Waals surface area contributed by atoms with Gasteiger partial charge >= 0.3 is 0 Å². The van der Waals surface area contributed by atoms with E-state index in [1.54, 1.807) is 38.1 Å². The molecule has 0 aromatic heterocycles. The van der Waals surface area contributed by atoms with Crippen LogP contribution in [-0.2, 0) is 26.2 Å². The first-order chi connectivity index (χ1) is 17.0. The molecule has 0 bridgehead atoms. The van der Waals surface area contributed by atoms with Crippen LogP contribution in [0.1, 0.15) is 18.1 Å². The minimum Gasteiger partial charge on any atom is -0.357 e. The van der Waals surface area contributed by atoms with E-state index in [-0.39, 0.29) is 17.3 Å². The van der Waals surface area contributed by atoms with Crippen LogP contribution in [0.15, 0.2) is 82.2 Å². The number of anilines is 1. The molecule has 1 atom stereocenters. The Hall–Kier alpha value is -2.88. The number of carbonyl (C=O) groups excluding carboxylic acids is 2. The van der Waals surface area contributed by atoms with Crippen molar-refractivity contribution in [3.8, 4) is 0 Å². The summed E-state index contributed by atoms with van der Waals surface area (Å²) in [6, 6.07) is 19.2. The molecule has 0 aliphatic heterocycles. The van der Waals surface area contributed by atoms with Crippen LogP contribution in [0.5, 0.6) is 0 Å². The summed E-state index contributed by atoms with van der Waals surface area (Å²) in [5.41, 5.74) is 1.84. The number of para-hydroxylation sites is 1. The SMILES string of the molecule is CNC(=O)C(C)N(Cc1cccc(Br)c1)C(=O)CN(c1ccccc1C)S(=O)(=O)c1ccc(Cl)cc1. The lowest BCUT2D eigenvalue weighted by Crippen LogP contribution is -2.50. The molecule has 0 spiro atoms. The standard InChI is InChI=1S/C26H27BrClN3O4S/c1-18-7-4-5-10-24(18)31(36(34,35)23-13-11-22(28)12-14-23)17-25(32)30(19(2)26(33)29-3)16-20-8-6-9-21(27)15-20/h4-15,19H,16-17H2,1-3H3,(H,29,33). The van der Waals surface area contributed by atoms with E-state index in [2.05, 4.69) is 21.2 Å². The highest BCUT2D eigenvalue weighted by Gasteiger charge is 2.32. The third-order valence-corrected chi connectivity index (χ3v) is 8.24. The molecule has 0 aliphatic rings. The first-order valence-electron chi connectivity index (χ1n) is 11.1. The van der Waals surface area contributed by atoms with Crippen LogP contribution in [-0.4, -0.2) is 44.8 Å². The molecule has 3 rings (SSSR count). The van der Waals surface area contributed by atoms with E-state index in [9.17, 15) is 18.0 Å². The van der Waals surface area contributed by atoms with E-state index >= 15 is 0 Å². The number of nitrogens with zero attached hydrogens (tertiary/aromatic N) is 2. The first kappa shape index (κ1) is 27.7. The van der Waals surface area contributed by atoms with Crippen LogP contribution in [0.4, 0.5) is 5.69 Å². The Morgan fingerprint density at radius 2 is 1.69 bits per heavy atom. The molecular weight excluding hydrogens is 566 g/mol. The number of benzene rings is 3. The lowest BCUT2D eigenvalue weighted by atomic mass is 10.1. The summed E-state index contributed by atoms with van der Waals surface area (Å²) in [4.78, 5) is 27.6. The van der Waals surface area contributed by atoms with Gasteiger partial charge in [-0.25, -0.2) is 8.42 Å². The number of nitrogens with one attached hydrogen (secondary N) is 1. The Labute approximate surface area is 225 Å². The van der Waals surface area contributed by atoms with E-state index in [1.165, 1.54) is 36.2 Å². The summed E-state index contributed by atoms with van der Waals surface area (Å²) in [6.45, 7) is 3.01. The van der Waals surface area contributed by atoms with Crippen molar-refractivity contribution < 1.29 is 18.0 Å². The number of amides is 2. The summed E-state index contributed by atoms with van der Waals surface area (Å²) < 4.78 is 29.4. The minimum absolute atomic E-state index is 0.000780. The molecule has 10 heteroatoms. The fourth-order valence-corrected chi connectivity index (χ4v) is 5.77. The molecule has 2 amide bonds. The molecule has 3 aromatic rings. The third kappa shape index (κ3) is 6.46. The van der Waals surface area contributed by atoms with Crippen molar-refractivity contribution in [1.82, 2.24) is 10.2 Å². The zero-order valence-corrected chi connectivity index (χ0v) is 23.3. The second kappa shape index (κ2) is 11.9. The van der Waals surface area contributed by atoms with Crippen LogP contribution in [0.25, 0.3) is 0 Å². The Morgan fingerprint density at radius 3 is 2.31 bits per heavy atom. The van der Waals surface area contributed by atoms with Gasteiger partial charge in [0.1, 0.15) is 12.6 Å². The Bertz CT molecular complexity index is 1350. The Balaban J connectivity index is 2.05. The van der Waals surface area contributed by atoms with Gasteiger partial charge in [-0.1, -0.05) is 57.9 Å². The van der Waals surface area contributed by atoms with Gasteiger partial charge in [-0.05, 0) is 67.4 Å². The topological polar surface area (TPSA) is 86.8 Å². The van der Waals surface area contributed by atoms with Crippen molar-refractivity contribution in [3.05, 3.63) is 93.4 Å². The Kier molecular flexibility index (Phi) is 9.16. The molecule has 36 heavy (non-hydrogen) atoms. The summed E-state index contributed by atoms with van der Waals surface area (Å²) in [7, 11) is -2.64. The van der Waals surface area contributed by atoms with Crippen molar-refractivity contribution in [1.29, 1.82) is 0 Å². The van der Waals surface area contributed by atoms with Crippen LogP contribution in [0, 0.1) is 6.92 Å². The molecule has 1 N–H and O–H groups in total. The molecular formula is C26H27BrClN3O4S. The van der Waals surface area contributed by atoms with Crippen molar-refractivity contribution in [2.24, 2.45) is 0 Å². The van der Waals surface area contributed by atoms with E-state index in [0.717, 1.165) is 14.3 Å².